The summed E-state index contributed by atoms with van der Waals surface area (Å²) in [6, 6.07) is 7.06. The second-order valence-corrected chi connectivity index (χ2v) is 9.19. The smallest absolute Gasteiger partial charge is 0.0611 e. The zero-order chi connectivity index (χ0) is 18.7. The minimum Gasteiger partial charge on any atom is -0.394 e. The maximum Gasteiger partial charge on any atom is 0.0611 e. The molecule has 1 saturated heterocycles. The van der Waals surface area contributed by atoms with Crippen LogP contribution >= 0.6 is 0 Å². The highest BCUT2D eigenvalue weighted by atomic mass is 16.5. The second-order valence-electron chi connectivity index (χ2n) is 9.19. The lowest BCUT2D eigenvalue weighted by Gasteiger charge is -2.27. The molecule has 3 aliphatic rings. The molecule has 1 aromatic carbocycles. The molecule has 2 aliphatic carbocycles. The fraction of sp³-hybridized carbons (Fsp3) is 0.739. The molecule has 0 aromatic heterocycles. The van der Waals surface area contributed by atoms with E-state index in [9.17, 15) is 5.11 Å². The van der Waals surface area contributed by atoms with Crippen LogP contribution in [0.3, 0.4) is 0 Å². The molecule has 0 radical (unpaired) electrons. The summed E-state index contributed by atoms with van der Waals surface area (Å²) in [6.45, 7) is 3.70. The number of benzene rings is 1. The van der Waals surface area contributed by atoms with Crippen LogP contribution in [0.15, 0.2) is 18.2 Å². The van der Waals surface area contributed by atoms with Crippen LogP contribution in [0.1, 0.15) is 61.1 Å². The SMILES string of the molecule is N[C@]1(CO)CC[C@H](c2ccc3c(c2)CC[C@@H](COCC2CCOCC2)C3)C1. The fourth-order valence-corrected chi connectivity index (χ4v) is 5.15. The normalized spacial score (nSPS) is 31.8. The van der Waals surface area contributed by atoms with Gasteiger partial charge in [0.1, 0.15) is 0 Å². The van der Waals surface area contributed by atoms with Crippen molar-refractivity contribution in [1.29, 1.82) is 0 Å². The van der Waals surface area contributed by atoms with Crippen molar-refractivity contribution in [2.45, 2.75) is 62.8 Å². The molecule has 4 nitrogen and oxygen atoms in total. The number of hydrogen-bond acceptors (Lipinski definition) is 4. The first-order chi connectivity index (χ1) is 13.1. The van der Waals surface area contributed by atoms with Crippen LogP contribution < -0.4 is 5.73 Å². The summed E-state index contributed by atoms with van der Waals surface area (Å²) in [7, 11) is 0. The van der Waals surface area contributed by atoms with Gasteiger partial charge in [-0.15, -0.1) is 0 Å². The molecule has 4 rings (SSSR count). The number of nitrogens with two attached hydrogens (primary N) is 1. The molecule has 27 heavy (non-hydrogen) atoms. The van der Waals surface area contributed by atoms with E-state index >= 15 is 0 Å². The molecule has 3 atom stereocenters. The average molecular weight is 374 g/mol. The van der Waals surface area contributed by atoms with Gasteiger partial charge in [0.2, 0.25) is 0 Å². The summed E-state index contributed by atoms with van der Waals surface area (Å²) in [5.74, 6) is 1.85. The zero-order valence-electron chi connectivity index (χ0n) is 16.5. The Morgan fingerprint density at radius 3 is 2.67 bits per heavy atom. The number of aliphatic hydroxyl groups is 1. The molecule has 1 saturated carbocycles. The predicted molar refractivity (Wildman–Crippen MR) is 107 cm³/mol. The van der Waals surface area contributed by atoms with Crippen molar-refractivity contribution in [3.8, 4) is 0 Å². The van der Waals surface area contributed by atoms with Gasteiger partial charge in [-0.25, -0.2) is 0 Å². The largest absolute Gasteiger partial charge is 0.394 e. The van der Waals surface area contributed by atoms with E-state index in [4.69, 9.17) is 15.2 Å². The van der Waals surface area contributed by atoms with Crippen molar-refractivity contribution in [1.82, 2.24) is 0 Å². The van der Waals surface area contributed by atoms with E-state index in [0.29, 0.717) is 17.8 Å². The fourth-order valence-electron chi connectivity index (χ4n) is 5.15. The van der Waals surface area contributed by atoms with Crippen LogP contribution in [0.2, 0.25) is 0 Å². The van der Waals surface area contributed by atoms with E-state index in [0.717, 1.165) is 71.4 Å². The van der Waals surface area contributed by atoms with Crippen LogP contribution in [0.5, 0.6) is 0 Å². The molecule has 1 aromatic rings. The summed E-state index contributed by atoms with van der Waals surface area (Å²) in [5, 5.41) is 9.52. The number of hydrogen-bond donors (Lipinski definition) is 2. The highest BCUT2D eigenvalue weighted by molar-refractivity contribution is 5.36. The van der Waals surface area contributed by atoms with Crippen molar-refractivity contribution >= 4 is 0 Å². The number of rotatable bonds is 6. The van der Waals surface area contributed by atoms with E-state index in [-0.39, 0.29) is 12.1 Å². The standard InChI is InChI=1S/C23H35NO3/c24-23(16-25)8-5-22(13-23)21-4-3-19-11-18(1-2-20(19)12-21)15-27-14-17-6-9-26-10-7-17/h3-4,12,17-18,22,25H,1-2,5-11,13-16,24H2/t18-,22+,23-/m1/s1. The molecule has 3 N–H and O–H groups in total. The quantitative estimate of drug-likeness (QED) is 0.804. The molecule has 0 amide bonds. The van der Waals surface area contributed by atoms with E-state index in [1.54, 1.807) is 0 Å². The van der Waals surface area contributed by atoms with Gasteiger partial charge in [-0.1, -0.05) is 18.2 Å². The molecule has 4 heteroatoms. The van der Waals surface area contributed by atoms with Gasteiger partial charge in [0.05, 0.1) is 6.61 Å². The lowest BCUT2D eigenvalue weighted by Crippen LogP contribution is -2.40. The molecular weight excluding hydrogens is 338 g/mol. The Hall–Kier alpha value is -0.940. The third kappa shape index (κ3) is 4.73. The Morgan fingerprint density at radius 2 is 1.89 bits per heavy atom. The number of aliphatic hydroxyl groups excluding tert-OH is 1. The molecule has 2 fully saturated rings. The molecular formula is C23H35NO3. The van der Waals surface area contributed by atoms with E-state index in [1.165, 1.54) is 23.1 Å². The maximum absolute atomic E-state index is 9.52. The lowest BCUT2D eigenvalue weighted by atomic mass is 9.82. The average Bonchev–Trinajstić information content (AvgIpc) is 3.11. The van der Waals surface area contributed by atoms with Gasteiger partial charge < -0.3 is 20.3 Å². The summed E-state index contributed by atoms with van der Waals surface area (Å²) in [4.78, 5) is 0. The van der Waals surface area contributed by atoms with Crippen molar-refractivity contribution in [3.05, 3.63) is 34.9 Å². The third-order valence-corrected chi connectivity index (χ3v) is 7.04. The molecule has 0 spiro atoms. The van der Waals surface area contributed by atoms with E-state index < -0.39 is 0 Å². The van der Waals surface area contributed by atoms with Crippen LogP contribution in [-0.2, 0) is 22.3 Å². The molecule has 0 unspecified atom stereocenters. The van der Waals surface area contributed by atoms with Gasteiger partial charge in [-0.3, -0.25) is 0 Å². The number of aryl methyl sites for hydroxylation is 1. The highest BCUT2D eigenvalue weighted by Crippen LogP contribution is 2.40. The van der Waals surface area contributed by atoms with Crippen molar-refractivity contribution in [2.24, 2.45) is 17.6 Å². The van der Waals surface area contributed by atoms with Crippen LogP contribution in [0, 0.1) is 11.8 Å². The van der Waals surface area contributed by atoms with E-state index in [1.807, 2.05) is 0 Å². The number of ether oxygens (including phenoxy) is 2. The summed E-state index contributed by atoms with van der Waals surface area (Å²) < 4.78 is 11.5. The molecule has 0 bridgehead atoms. The second kappa shape index (κ2) is 8.60. The van der Waals surface area contributed by atoms with Gasteiger partial charge in [-0.05, 0) is 85.8 Å². The monoisotopic (exact) mass is 373 g/mol. The van der Waals surface area contributed by atoms with Crippen molar-refractivity contribution in [2.75, 3.05) is 33.0 Å². The van der Waals surface area contributed by atoms with Crippen molar-refractivity contribution in [3.63, 3.8) is 0 Å². The molecule has 1 heterocycles. The van der Waals surface area contributed by atoms with Gasteiger partial charge in [0.25, 0.3) is 0 Å². The summed E-state index contributed by atoms with van der Waals surface area (Å²) >= 11 is 0. The van der Waals surface area contributed by atoms with Gasteiger partial charge >= 0.3 is 0 Å². The Labute approximate surface area is 163 Å². The zero-order valence-corrected chi connectivity index (χ0v) is 16.5. The van der Waals surface area contributed by atoms with E-state index in [2.05, 4.69) is 18.2 Å². The minimum absolute atomic E-state index is 0.101. The lowest BCUT2D eigenvalue weighted by molar-refractivity contribution is 0.0101. The van der Waals surface area contributed by atoms with Crippen LogP contribution in [0.25, 0.3) is 0 Å². The van der Waals surface area contributed by atoms with Gasteiger partial charge in [0.15, 0.2) is 0 Å². The Morgan fingerprint density at radius 1 is 1.07 bits per heavy atom. The van der Waals surface area contributed by atoms with Crippen LogP contribution in [0.4, 0.5) is 0 Å². The first-order valence-electron chi connectivity index (χ1n) is 10.8. The molecule has 1 aliphatic heterocycles. The topological polar surface area (TPSA) is 64.7 Å². The Balaban J connectivity index is 1.29. The van der Waals surface area contributed by atoms with Crippen LogP contribution in [-0.4, -0.2) is 43.7 Å². The third-order valence-electron chi connectivity index (χ3n) is 7.04. The number of fused-ring (bicyclic) bond motifs is 1. The first-order valence-corrected chi connectivity index (χ1v) is 10.8. The van der Waals surface area contributed by atoms with Crippen molar-refractivity contribution < 1.29 is 14.6 Å². The minimum atomic E-state index is -0.368. The Bertz CT molecular complexity index is 628. The van der Waals surface area contributed by atoms with Gasteiger partial charge in [-0.2, -0.15) is 0 Å². The molecule has 150 valence electrons. The predicted octanol–water partition coefficient (Wildman–Crippen LogP) is 3.19. The first kappa shape index (κ1) is 19.4. The van der Waals surface area contributed by atoms with Gasteiger partial charge in [0, 0.05) is 32.0 Å². The summed E-state index contributed by atoms with van der Waals surface area (Å²) in [5.41, 5.74) is 10.3. The summed E-state index contributed by atoms with van der Waals surface area (Å²) in [6.07, 6.45) is 8.77. The maximum atomic E-state index is 9.52. The Kier molecular flexibility index (Phi) is 6.18. The highest BCUT2D eigenvalue weighted by Gasteiger charge is 2.36.